The van der Waals surface area contributed by atoms with Crippen LogP contribution in [0.1, 0.15) is 26.3 Å². The first-order valence-corrected chi connectivity index (χ1v) is 10.4. The first-order chi connectivity index (χ1) is 11.5. The second kappa shape index (κ2) is 9.46. The third-order valence-corrected chi connectivity index (χ3v) is 3.95. The number of hydrogen-bond donors (Lipinski definition) is 0. The quantitative estimate of drug-likeness (QED) is 0.373. The van der Waals surface area contributed by atoms with Crippen molar-refractivity contribution in [2.45, 2.75) is 32.7 Å². The predicted octanol–water partition coefficient (Wildman–Crippen LogP) is 3.85. The molecule has 1 aromatic carbocycles. The van der Waals surface area contributed by atoms with E-state index in [1.54, 1.807) is 30.0 Å². The Morgan fingerprint density at radius 1 is 1.32 bits per heavy atom. The van der Waals surface area contributed by atoms with Crippen LogP contribution >= 0.6 is 23.2 Å². The van der Waals surface area contributed by atoms with Crippen molar-refractivity contribution in [3.05, 3.63) is 40.9 Å². The summed E-state index contributed by atoms with van der Waals surface area (Å²) in [6.45, 7) is 6.63. The summed E-state index contributed by atoms with van der Waals surface area (Å²) in [5.41, 5.74) is 0.712. The van der Waals surface area contributed by atoms with Gasteiger partial charge in [-0.2, -0.15) is 8.42 Å². The lowest BCUT2D eigenvalue weighted by Crippen LogP contribution is -2.32. The summed E-state index contributed by atoms with van der Waals surface area (Å²) in [5.74, 6) is 0.148. The fourth-order valence-corrected chi connectivity index (χ4v) is 2.83. The lowest BCUT2D eigenvalue weighted by molar-refractivity contribution is -0.127. The van der Waals surface area contributed by atoms with Crippen molar-refractivity contribution >= 4 is 39.2 Å². The minimum atomic E-state index is -3.69. The molecule has 0 spiro atoms. The van der Waals surface area contributed by atoms with Gasteiger partial charge in [-0.3, -0.25) is 4.79 Å². The Morgan fingerprint density at radius 3 is 2.48 bits per heavy atom. The molecule has 0 radical (unpaired) electrons. The second-order valence-corrected chi connectivity index (χ2v) is 8.87. The summed E-state index contributed by atoms with van der Waals surface area (Å²) in [6.07, 6.45) is 4.02. The van der Waals surface area contributed by atoms with Crippen LogP contribution in [0.5, 0.6) is 5.75 Å². The molecule has 0 fully saturated rings. The molecule has 5 nitrogen and oxygen atoms in total. The van der Waals surface area contributed by atoms with Gasteiger partial charge < -0.3 is 9.08 Å². The monoisotopic (exact) mass is 407 g/mol. The van der Waals surface area contributed by atoms with Gasteiger partial charge in [-0.05, 0) is 30.5 Å². The maximum absolute atomic E-state index is 12.4. The fourth-order valence-electron chi connectivity index (χ4n) is 2.09. The molecule has 0 saturated carbocycles. The number of allylic oxidation sites excluding steroid dienone is 1. The van der Waals surface area contributed by atoms with Gasteiger partial charge in [0.2, 0.25) is 5.91 Å². The lowest BCUT2D eigenvalue weighted by atomic mass is 10.1. The first kappa shape index (κ1) is 21.8. The molecular formula is C17H23Cl2NO4S. The number of rotatable bonds is 8. The zero-order valence-corrected chi connectivity index (χ0v) is 17.0. The Labute approximate surface area is 159 Å². The Kier molecular flexibility index (Phi) is 8.25. The Bertz CT molecular complexity index is 730. The van der Waals surface area contributed by atoms with Crippen LogP contribution in [0.25, 0.3) is 0 Å². The summed E-state index contributed by atoms with van der Waals surface area (Å²) < 4.78 is 27.5. The Morgan fingerprint density at radius 2 is 1.96 bits per heavy atom. The van der Waals surface area contributed by atoms with E-state index < -0.39 is 10.1 Å². The van der Waals surface area contributed by atoms with E-state index in [9.17, 15) is 13.2 Å². The molecule has 0 aliphatic heterocycles. The summed E-state index contributed by atoms with van der Waals surface area (Å²) in [5, 5.41) is -0.0538. The first-order valence-electron chi connectivity index (χ1n) is 7.77. The van der Waals surface area contributed by atoms with Crippen molar-refractivity contribution in [2.24, 2.45) is 5.92 Å². The van der Waals surface area contributed by atoms with Crippen molar-refractivity contribution in [2.75, 3.05) is 12.8 Å². The third kappa shape index (κ3) is 8.61. The summed E-state index contributed by atoms with van der Waals surface area (Å²) >= 11 is 11.8. The van der Waals surface area contributed by atoms with Gasteiger partial charge in [0, 0.05) is 24.5 Å². The van der Waals surface area contributed by atoms with E-state index in [-0.39, 0.29) is 28.0 Å². The molecule has 0 aliphatic carbocycles. The van der Waals surface area contributed by atoms with Crippen molar-refractivity contribution in [3.63, 3.8) is 0 Å². The number of halogens is 2. The van der Waals surface area contributed by atoms with Crippen LogP contribution in [0.15, 0.2) is 30.4 Å². The minimum Gasteiger partial charge on any atom is -0.381 e. The highest BCUT2D eigenvalue weighted by Crippen LogP contribution is 2.27. The largest absolute Gasteiger partial charge is 0.381 e. The number of nitrogens with zero attached hydrogens (tertiary/aromatic N) is 1. The number of amides is 1. The van der Waals surface area contributed by atoms with Gasteiger partial charge in [0.25, 0.3) is 0 Å². The molecule has 1 atom stereocenters. The molecule has 1 amide bonds. The average molecular weight is 408 g/mol. The molecule has 0 N–H and O–H groups in total. The molecular weight excluding hydrogens is 385 g/mol. The molecule has 25 heavy (non-hydrogen) atoms. The smallest absolute Gasteiger partial charge is 0.306 e. The maximum Gasteiger partial charge on any atom is 0.306 e. The molecule has 1 rings (SSSR count). The van der Waals surface area contributed by atoms with Crippen LogP contribution in [0.2, 0.25) is 5.02 Å². The van der Waals surface area contributed by atoms with Crippen LogP contribution in [0, 0.1) is 5.92 Å². The van der Waals surface area contributed by atoms with Crippen LogP contribution < -0.4 is 4.18 Å². The van der Waals surface area contributed by atoms with Crippen LogP contribution in [0.3, 0.4) is 0 Å². The fraction of sp³-hybridized carbons (Fsp3) is 0.471. The number of carbonyl (C=O) groups is 1. The van der Waals surface area contributed by atoms with E-state index in [1.807, 2.05) is 13.8 Å². The Hall–Kier alpha value is -1.24. The average Bonchev–Trinajstić information content (AvgIpc) is 2.45. The zero-order chi connectivity index (χ0) is 19.2. The highest BCUT2D eigenvalue weighted by molar-refractivity contribution is 7.86. The molecule has 140 valence electrons. The van der Waals surface area contributed by atoms with E-state index in [2.05, 4.69) is 0 Å². The standard InChI is InChI=1S/C17H23Cl2NO4S/c1-12(2)10-20(17(21)8-5-13(3)18)11-14-6-7-15(19)16(9-14)24-25(4,22)23/h5-9,12-13H,10-11H2,1-4H3/b8-5+. The number of hydrogen-bond acceptors (Lipinski definition) is 4. The predicted molar refractivity (Wildman–Crippen MR) is 102 cm³/mol. The molecule has 0 aliphatic rings. The van der Waals surface area contributed by atoms with Crippen LogP contribution in [-0.2, 0) is 21.5 Å². The molecule has 0 saturated heterocycles. The zero-order valence-electron chi connectivity index (χ0n) is 14.7. The van der Waals surface area contributed by atoms with Crippen molar-refractivity contribution in [1.82, 2.24) is 4.90 Å². The van der Waals surface area contributed by atoms with Gasteiger partial charge in [0.1, 0.15) is 0 Å². The van der Waals surface area contributed by atoms with Crippen LogP contribution in [0.4, 0.5) is 0 Å². The molecule has 8 heteroatoms. The SMILES string of the molecule is CC(Cl)/C=C/C(=O)N(Cc1ccc(Cl)c(OS(C)(=O)=O)c1)CC(C)C. The van der Waals surface area contributed by atoms with E-state index in [4.69, 9.17) is 27.4 Å². The van der Waals surface area contributed by atoms with E-state index in [0.717, 1.165) is 6.26 Å². The highest BCUT2D eigenvalue weighted by Gasteiger charge is 2.16. The summed E-state index contributed by atoms with van der Waals surface area (Å²) in [6, 6.07) is 4.80. The Balaban J connectivity index is 3.04. The number of alkyl halides is 1. The van der Waals surface area contributed by atoms with Gasteiger partial charge in [-0.15, -0.1) is 11.6 Å². The van der Waals surface area contributed by atoms with Gasteiger partial charge in [0.15, 0.2) is 5.75 Å². The van der Waals surface area contributed by atoms with E-state index in [1.165, 1.54) is 12.1 Å². The van der Waals surface area contributed by atoms with Crippen molar-refractivity contribution < 1.29 is 17.4 Å². The van der Waals surface area contributed by atoms with E-state index in [0.29, 0.717) is 18.7 Å². The second-order valence-electron chi connectivity index (χ2n) is 6.20. The van der Waals surface area contributed by atoms with Crippen molar-refractivity contribution in [3.8, 4) is 5.75 Å². The topological polar surface area (TPSA) is 63.7 Å². The highest BCUT2D eigenvalue weighted by atomic mass is 35.5. The summed E-state index contributed by atoms with van der Waals surface area (Å²) in [4.78, 5) is 14.1. The molecule has 0 aromatic heterocycles. The number of benzene rings is 1. The van der Waals surface area contributed by atoms with E-state index >= 15 is 0 Å². The normalized spacial score (nSPS) is 13.2. The molecule has 0 bridgehead atoms. The molecule has 0 heterocycles. The van der Waals surface area contributed by atoms with Gasteiger partial charge in [-0.25, -0.2) is 0 Å². The summed E-state index contributed by atoms with van der Waals surface area (Å²) in [7, 11) is -3.69. The van der Waals surface area contributed by atoms with Gasteiger partial charge >= 0.3 is 10.1 Å². The van der Waals surface area contributed by atoms with Crippen molar-refractivity contribution in [1.29, 1.82) is 0 Å². The third-order valence-electron chi connectivity index (χ3n) is 3.01. The molecule has 1 unspecified atom stereocenters. The van der Waals surface area contributed by atoms with Gasteiger partial charge in [-0.1, -0.05) is 37.6 Å². The molecule has 1 aromatic rings. The van der Waals surface area contributed by atoms with Crippen LogP contribution in [-0.4, -0.2) is 37.4 Å². The lowest BCUT2D eigenvalue weighted by Gasteiger charge is -2.24. The van der Waals surface area contributed by atoms with Gasteiger partial charge in [0.05, 0.1) is 11.3 Å². The number of carbonyl (C=O) groups excluding carboxylic acids is 1. The minimum absolute atomic E-state index is 0.0449. The maximum atomic E-state index is 12.4.